The summed E-state index contributed by atoms with van der Waals surface area (Å²) < 4.78 is 0. The van der Waals surface area contributed by atoms with Crippen molar-refractivity contribution in [2.75, 3.05) is 11.1 Å². The number of nitrogens with one attached hydrogen (secondary N) is 1. The quantitative estimate of drug-likeness (QED) is 0.505. The van der Waals surface area contributed by atoms with Gasteiger partial charge in [-0.1, -0.05) is 30.0 Å². The molecule has 3 rings (SSSR count). The number of hydrogen-bond donors (Lipinski definition) is 2. The topological polar surface area (TPSA) is 118 Å². The van der Waals surface area contributed by atoms with Crippen LogP contribution in [0.5, 0.6) is 0 Å². The number of amides is 1. The maximum atomic E-state index is 11.2. The molecule has 1 amide bonds. The second kappa shape index (κ2) is 8.50. The number of pyridine rings is 1. The zero-order chi connectivity index (χ0) is 20.1. The first-order valence-electron chi connectivity index (χ1n) is 8.46. The van der Waals surface area contributed by atoms with E-state index in [0.717, 1.165) is 16.8 Å². The number of hydrogen-bond acceptors (Lipinski definition) is 7. The molecule has 0 aliphatic heterocycles. The molecular formula is C20H18N6OS. The lowest BCUT2D eigenvalue weighted by atomic mass is 10.1. The predicted octanol–water partition coefficient (Wildman–Crippen LogP) is 3.55. The molecule has 8 heteroatoms. The highest BCUT2D eigenvalue weighted by Crippen LogP contribution is 2.29. The van der Waals surface area contributed by atoms with E-state index < -0.39 is 0 Å². The summed E-state index contributed by atoms with van der Waals surface area (Å²) in [6, 6.07) is 13.1. The Kier molecular flexibility index (Phi) is 5.87. The molecule has 0 aliphatic rings. The first-order valence-corrected chi connectivity index (χ1v) is 9.45. The number of carbonyl (C=O) groups excluding carboxylic acids is 1. The molecule has 0 saturated heterocycles. The molecule has 140 valence electrons. The van der Waals surface area contributed by atoms with Crippen LogP contribution in [0, 0.1) is 18.3 Å². The van der Waals surface area contributed by atoms with E-state index in [0.29, 0.717) is 22.3 Å². The van der Waals surface area contributed by atoms with Crippen LogP contribution in [0.1, 0.15) is 23.7 Å². The smallest absolute Gasteiger partial charge is 0.221 e. The van der Waals surface area contributed by atoms with Crippen LogP contribution in [-0.4, -0.2) is 20.9 Å². The normalized spacial score (nSPS) is 10.3. The molecule has 0 radical (unpaired) electrons. The largest absolute Gasteiger partial charge is 0.382 e. The number of aryl methyl sites for hydroxylation is 1. The SMILES string of the molecule is CC(=O)Nc1ccc(-c2nc(SCc3ccc(C)cn3)nc(N)c2C#N)cc1. The summed E-state index contributed by atoms with van der Waals surface area (Å²) in [5, 5.41) is 12.7. The molecule has 7 nitrogen and oxygen atoms in total. The highest BCUT2D eigenvalue weighted by atomic mass is 32.2. The van der Waals surface area contributed by atoms with Crippen molar-refractivity contribution in [1.82, 2.24) is 15.0 Å². The van der Waals surface area contributed by atoms with Crippen molar-refractivity contribution >= 4 is 29.2 Å². The third-order valence-corrected chi connectivity index (χ3v) is 4.71. The number of nitriles is 1. The molecular weight excluding hydrogens is 372 g/mol. The van der Waals surface area contributed by atoms with Gasteiger partial charge in [-0.2, -0.15) is 5.26 Å². The Morgan fingerprint density at radius 2 is 1.96 bits per heavy atom. The Balaban J connectivity index is 1.88. The van der Waals surface area contributed by atoms with Crippen molar-refractivity contribution in [3.63, 3.8) is 0 Å². The Morgan fingerprint density at radius 3 is 2.57 bits per heavy atom. The summed E-state index contributed by atoms with van der Waals surface area (Å²) in [6.07, 6.45) is 1.81. The summed E-state index contributed by atoms with van der Waals surface area (Å²) in [5.74, 6) is 0.574. The van der Waals surface area contributed by atoms with Gasteiger partial charge in [0.05, 0.1) is 11.4 Å². The van der Waals surface area contributed by atoms with Gasteiger partial charge in [-0.3, -0.25) is 9.78 Å². The van der Waals surface area contributed by atoms with Crippen LogP contribution in [0.2, 0.25) is 0 Å². The summed E-state index contributed by atoms with van der Waals surface area (Å²) in [5.41, 5.74) is 10.1. The van der Waals surface area contributed by atoms with Crippen LogP contribution in [0.4, 0.5) is 11.5 Å². The fourth-order valence-electron chi connectivity index (χ4n) is 2.48. The lowest BCUT2D eigenvalue weighted by Crippen LogP contribution is -2.05. The number of aromatic nitrogens is 3. The van der Waals surface area contributed by atoms with Crippen LogP contribution in [0.25, 0.3) is 11.3 Å². The van der Waals surface area contributed by atoms with Crippen molar-refractivity contribution in [3.05, 3.63) is 59.4 Å². The van der Waals surface area contributed by atoms with Gasteiger partial charge >= 0.3 is 0 Å². The van der Waals surface area contributed by atoms with Crippen LogP contribution < -0.4 is 11.1 Å². The number of rotatable bonds is 5. The van der Waals surface area contributed by atoms with Crippen molar-refractivity contribution in [3.8, 4) is 17.3 Å². The number of thioether (sulfide) groups is 1. The van der Waals surface area contributed by atoms with Crippen LogP contribution in [0.3, 0.4) is 0 Å². The Morgan fingerprint density at radius 1 is 1.21 bits per heavy atom. The standard InChI is InChI=1S/C20H18N6OS/c1-12-3-6-16(23-10-12)11-28-20-25-18(17(9-21)19(22)26-20)14-4-7-15(8-5-14)24-13(2)27/h3-8,10H,11H2,1-2H3,(H,24,27)(H2,22,25,26). The van der Waals surface area contributed by atoms with Gasteiger partial charge in [0.15, 0.2) is 5.16 Å². The van der Waals surface area contributed by atoms with Gasteiger partial charge < -0.3 is 11.1 Å². The van der Waals surface area contributed by atoms with Gasteiger partial charge in [0.2, 0.25) is 5.91 Å². The van der Waals surface area contributed by atoms with Gasteiger partial charge in [0.1, 0.15) is 17.5 Å². The molecule has 0 atom stereocenters. The molecule has 3 aromatic rings. The third kappa shape index (κ3) is 4.64. The number of benzene rings is 1. The van der Waals surface area contributed by atoms with Gasteiger partial charge in [0.25, 0.3) is 0 Å². The molecule has 0 unspecified atom stereocenters. The minimum absolute atomic E-state index is 0.137. The lowest BCUT2D eigenvalue weighted by molar-refractivity contribution is -0.114. The lowest BCUT2D eigenvalue weighted by Gasteiger charge is -2.09. The highest BCUT2D eigenvalue weighted by Gasteiger charge is 2.15. The van der Waals surface area contributed by atoms with E-state index >= 15 is 0 Å². The first-order chi connectivity index (χ1) is 13.5. The van der Waals surface area contributed by atoms with E-state index in [4.69, 9.17) is 5.73 Å². The van der Waals surface area contributed by atoms with E-state index in [1.54, 1.807) is 24.3 Å². The van der Waals surface area contributed by atoms with Crippen molar-refractivity contribution in [2.24, 2.45) is 0 Å². The fourth-order valence-corrected chi connectivity index (χ4v) is 3.24. The zero-order valence-electron chi connectivity index (χ0n) is 15.4. The average molecular weight is 390 g/mol. The molecule has 1 aromatic carbocycles. The molecule has 0 saturated carbocycles. The third-order valence-electron chi connectivity index (χ3n) is 3.83. The van der Waals surface area contributed by atoms with E-state index in [9.17, 15) is 10.1 Å². The van der Waals surface area contributed by atoms with Gasteiger partial charge in [-0.05, 0) is 30.7 Å². The number of carbonyl (C=O) groups is 1. The van der Waals surface area contributed by atoms with E-state index in [2.05, 4.69) is 26.3 Å². The molecule has 0 fully saturated rings. The second-order valence-corrected chi connectivity index (χ2v) is 7.04. The van der Waals surface area contributed by atoms with E-state index in [1.807, 2.05) is 25.3 Å². The van der Waals surface area contributed by atoms with Crippen molar-refractivity contribution in [2.45, 2.75) is 24.8 Å². The van der Waals surface area contributed by atoms with Gasteiger partial charge in [-0.15, -0.1) is 0 Å². The number of nitrogens with two attached hydrogens (primary N) is 1. The molecule has 0 bridgehead atoms. The maximum Gasteiger partial charge on any atom is 0.221 e. The number of anilines is 2. The monoisotopic (exact) mass is 390 g/mol. The van der Waals surface area contributed by atoms with E-state index in [-0.39, 0.29) is 17.3 Å². The Labute approximate surface area is 167 Å². The fraction of sp³-hybridized carbons (Fsp3) is 0.150. The van der Waals surface area contributed by atoms with Crippen molar-refractivity contribution < 1.29 is 4.79 Å². The summed E-state index contributed by atoms with van der Waals surface area (Å²) in [4.78, 5) is 24.3. The highest BCUT2D eigenvalue weighted by molar-refractivity contribution is 7.98. The van der Waals surface area contributed by atoms with Crippen LogP contribution in [-0.2, 0) is 10.5 Å². The average Bonchev–Trinajstić information content (AvgIpc) is 2.67. The number of nitrogens with zero attached hydrogens (tertiary/aromatic N) is 4. The summed E-state index contributed by atoms with van der Waals surface area (Å²) in [7, 11) is 0. The molecule has 28 heavy (non-hydrogen) atoms. The molecule has 2 heterocycles. The predicted molar refractivity (Wildman–Crippen MR) is 109 cm³/mol. The van der Waals surface area contributed by atoms with Crippen LogP contribution in [0.15, 0.2) is 47.8 Å². The second-order valence-electron chi connectivity index (χ2n) is 6.10. The summed E-state index contributed by atoms with van der Waals surface area (Å²) >= 11 is 1.40. The first kappa shape index (κ1) is 19.3. The van der Waals surface area contributed by atoms with E-state index in [1.165, 1.54) is 18.7 Å². The minimum atomic E-state index is -0.153. The Bertz CT molecular complexity index is 1040. The summed E-state index contributed by atoms with van der Waals surface area (Å²) in [6.45, 7) is 3.43. The van der Waals surface area contributed by atoms with Gasteiger partial charge in [0, 0.05) is 30.1 Å². The van der Waals surface area contributed by atoms with Crippen molar-refractivity contribution in [1.29, 1.82) is 5.26 Å². The van der Waals surface area contributed by atoms with Crippen LogP contribution >= 0.6 is 11.8 Å². The Hall–Kier alpha value is -3.44. The minimum Gasteiger partial charge on any atom is -0.382 e. The zero-order valence-corrected chi connectivity index (χ0v) is 16.2. The molecule has 2 aromatic heterocycles. The molecule has 0 spiro atoms. The molecule has 3 N–H and O–H groups in total. The van der Waals surface area contributed by atoms with Gasteiger partial charge in [-0.25, -0.2) is 9.97 Å². The number of nitrogen functional groups attached to an aromatic ring is 1. The maximum absolute atomic E-state index is 11.2. The molecule has 0 aliphatic carbocycles.